The van der Waals surface area contributed by atoms with Crippen molar-refractivity contribution in [1.82, 2.24) is 5.32 Å². The summed E-state index contributed by atoms with van der Waals surface area (Å²) in [6, 6.07) is 5.07. The summed E-state index contributed by atoms with van der Waals surface area (Å²) in [5.41, 5.74) is 4.31. The third-order valence-electron chi connectivity index (χ3n) is 2.78. The lowest BCUT2D eigenvalue weighted by atomic mass is 10.1. The Morgan fingerprint density at radius 3 is 2.92 bits per heavy atom. The molecule has 0 saturated heterocycles. The predicted octanol–water partition coefficient (Wildman–Crippen LogP) is 2.96. The summed E-state index contributed by atoms with van der Waals surface area (Å²) in [6.45, 7) is 2.15. The zero-order chi connectivity index (χ0) is 9.42. The Bertz CT molecular complexity index is 333. The Morgan fingerprint density at radius 2 is 2.23 bits per heavy atom. The van der Waals surface area contributed by atoms with Gasteiger partial charge in [-0.25, -0.2) is 0 Å². The van der Waals surface area contributed by atoms with Crippen molar-refractivity contribution in [3.63, 3.8) is 0 Å². The number of aryl methyl sites for hydroxylation is 1. The van der Waals surface area contributed by atoms with E-state index in [0.29, 0.717) is 6.04 Å². The van der Waals surface area contributed by atoms with E-state index in [1.54, 1.807) is 0 Å². The van der Waals surface area contributed by atoms with Gasteiger partial charge in [0, 0.05) is 10.5 Å². The highest BCUT2D eigenvalue weighted by atomic mass is 79.9. The molecule has 0 aromatic heterocycles. The maximum absolute atomic E-state index is 3.63. The first kappa shape index (κ1) is 9.22. The summed E-state index contributed by atoms with van der Waals surface area (Å²) in [7, 11) is 2.04. The summed E-state index contributed by atoms with van der Waals surface area (Å²) in [4.78, 5) is 0. The molecular weight excluding hydrogens is 226 g/mol. The lowest BCUT2D eigenvalue weighted by molar-refractivity contribution is 0.590. The molecule has 13 heavy (non-hydrogen) atoms. The minimum atomic E-state index is 0.561. The van der Waals surface area contributed by atoms with Crippen LogP contribution in [0.2, 0.25) is 0 Å². The van der Waals surface area contributed by atoms with Crippen LogP contribution < -0.4 is 5.32 Å². The SMILES string of the molecule is CNC1CCc2c(Br)cc(C)cc21. The van der Waals surface area contributed by atoms with Crippen LogP contribution in [0.15, 0.2) is 16.6 Å². The molecule has 70 valence electrons. The van der Waals surface area contributed by atoms with E-state index in [0.717, 1.165) is 0 Å². The molecule has 0 fully saturated rings. The Labute approximate surface area is 87.7 Å². The highest BCUT2D eigenvalue weighted by Gasteiger charge is 2.22. The minimum absolute atomic E-state index is 0.561. The molecule has 1 N–H and O–H groups in total. The molecule has 1 atom stereocenters. The second kappa shape index (κ2) is 3.43. The van der Waals surface area contributed by atoms with E-state index in [9.17, 15) is 0 Å². The van der Waals surface area contributed by atoms with E-state index in [4.69, 9.17) is 0 Å². The highest BCUT2D eigenvalue weighted by molar-refractivity contribution is 9.10. The molecule has 1 aliphatic carbocycles. The fourth-order valence-electron chi connectivity index (χ4n) is 2.12. The van der Waals surface area contributed by atoms with Crippen LogP contribution in [-0.4, -0.2) is 7.05 Å². The maximum Gasteiger partial charge on any atom is 0.0323 e. The number of hydrogen-bond acceptors (Lipinski definition) is 1. The van der Waals surface area contributed by atoms with Gasteiger partial charge < -0.3 is 5.32 Å². The van der Waals surface area contributed by atoms with E-state index in [1.165, 1.54) is 34.0 Å². The smallest absolute Gasteiger partial charge is 0.0323 e. The molecular formula is C11H14BrN. The first-order valence-electron chi connectivity index (χ1n) is 4.68. The zero-order valence-electron chi connectivity index (χ0n) is 8.02. The molecule has 0 heterocycles. The fraction of sp³-hybridized carbons (Fsp3) is 0.455. The number of hydrogen-bond donors (Lipinski definition) is 1. The Kier molecular flexibility index (Phi) is 2.43. The van der Waals surface area contributed by atoms with Gasteiger partial charge in [0.25, 0.3) is 0 Å². The lowest BCUT2D eigenvalue weighted by Crippen LogP contribution is -2.12. The van der Waals surface area contributed by atoms with E-state index in [1.807, 2.05) is 7.05 Å². The van der Waals surface area contributed by atoms with Gasteiger partial charge in [-0.1, -0.05) is 22.0 Å². The molecule has 0 saturated carbocycles. The zero-order valence-corrected chi connectivity index (χ0v) is 9.61. The van der Waals surface area contributed by atoms with Crippen LogP contribution in [0.1, 0.15) is 29.2 Å². The van der Waals surface area contributed by atoms with Gasteiger partial charge in [0.1, 0.15) is 0 Å². The summed E-state index contributed by atoms with van der Waals surface area (Å²) in [5.74, 6) is 0. The molecule has 0 spiro atoms. The number of fused-ring (bicyclic) bond motifs is 1. The van der Waals surface area contributed by atoms with Crippen LogP contribution in [0, 0.1) is 6.92 Å². The molecule has 0 bridgehead atoms. The first-order chi connectivity index (χ1) is 6.22. The number of benzene rings is 1. The third-order valence-corrected chi connectivity index (χ3v) is 3.49. The van der Waals surface area contributed by atoms with Crippen molar-refractivity contribution in [1.29, 1.82) is 0 Å². The van der Waals surface area contributed by atoms with Gasteiger partial charge in [0.15, 0.2) is 0 Å². The topological polar surface area (TPSA) is 12.0 Å². The Hall–Kier alpha value is -0.340. The summed E-state index contributed by atoms with van der Waals surface area (Å²) in [6.07, 6.45) is 2.43. The van der Waals surface area contributed by atoms with Crippen molar-refractivity contribution < 1.29 is 0 Å². The van der Waals surface area contributed by atoms with Crippen LogP contribution in [0.25, 0.3) is 0 Å². The molecule has 1 nitrogen and oxygen atoms in total. The van der Waals surface area contributed by atoms with E-state index in [2.05, 4.69) is 40.3 Å². The molecule has 2 heteroatoms. The second-order valence-corrected chi connectivity index (χ2v) is 4.55. The van der Waals surface area contributed by atoms with Crippen LogP contribution in [-0.2, 0) is 6.42 Å². The first-order valence-corrected chi connectivity index (χ1v) is 5.48. The molecule has 0 aliphatic heterocycles. The van der Waals surface area contributed by atoms with E-state index < -0.39 is 0 Å². The second-order valence-electron chi connectivity index (χ2n) is 3.69. The van der Waals surface area contributed by atoms with Gasteiger partial charge in [-0.15, -0.1) is 0 Å². The largest absolute Gasteiger partial charge is 0.313 e. The van der Waals surface area contributed by atoms with Gasteiger partial charge in [-0.3, -0.25) is 0 Å². The number of nitrogens with one attached hydrogen (secondary N) is 1. The average molecular weight is 240 g/mol. The summed E-state index contributed by atoms with van der Waals surface area (Å²) in [5, 5.41) is 3.35. The number of halogens is 1. The lowest BCUT2D eigenvalue weighted by Gasteiger charge is -2.11. The molecule has 1 aromatic carbocycles. The maximum atomic E-state index is 3.63. The van der Waals surface area contributed by atoms with Crippen LogP contribution in [0.4, 0.5) is 0 Å². The standard InChI is InChI=1S/C11H14BrN/c1-7-5-9-8(10(12)6-7)3-4-11(9)13-2/h5-6,11,13H,3-4H2,1-2H3. The van der Waals surface area contributed by atoms with Crippen molar-refractivity contribution in [2.24, 2.45) is 0 Å². The van der Waals surface area contributed by atoms with Gasteiger partial charge in [0.2, 0.25) is 0 Å². The minimum Gasteiger partial charge on any atom is -0.313 e. The van der Waals surface area contributed by atoms with Crippen LogP contribution in [0.3, 0.4) is 0 Å². The van der Waals surface area contributed by atoms with Crippen molar-refractivity contribution in [3.05, 3.63) is 33.3 Å². The summed E-state index contributed by atoms with van der Waals surface area (Å²) < 4.78 is 1.28. The number of rotatable bonds is 1. The van der Waals surface area contributed by atoms with Gasteiger partial charge >= 0.3 is 0 Å². The molecule has 1 unspecified atom stereocenters. The molecule has 0 radical (unpaired) electrons. The van der Waals surface area contributed by atoms with Crippen molar-refractivity contribution in [3.8, 4) is 0 Å². The fourth-order valence-corrected chi connectivity index (χ4v) is 2.91. The van der Waals surface area contributed by atoms with Gasteiger partial charge in [-0.2, -0.15) is 0 Å². The predicted molar refractivity (Wildman–Crippen MR) is 59.0 cm³/mol. The Morgan fingerprint density at radius 1 is 1.46 bits per heavy atom. The van der Waals surface area contributed by atoms with Crippen molar-refractivity contribution >= 4 is 15.9 Å². The monoisotopic (exact) mass is 239 g/mol. The van der Waals surface area contributed by atoms with Crippen LogP contribution >= 0.6 is 15.9 Å². The van der Waals surface area contributed by atoms with Gasteiger partial charge in [0.05, 0.1) is 0 Å². The summed E-state index contributed by atoms with van der Waals surface area (Å²) >= 11 is 3.63. The third kappa shape index (κ3) is 1.53. The van der Waals surface area contributed by atoms with E-state index in [-0.39, 0.29) is 0 Å². The van der Waals surface area contributed by atoms with Gasteiger partial charge in [-0.05, 0) is 49.6 Å². The molecule has 1 aromatic rings. The van der Waals surface area contributed by atoms with E-state index >= 15 is 0 Å². The van der Waals surface area contributed by atoms with Crippen LogP contribution in [0.5, 0.6) is 0 Å². The molecule has 0 amide bonds. The normalized spacial score (nSPS) is 20.4. The average Bonchev–Trinajstić information content (AvgIpc) is 2.47. The Balaban J connectivity index is 2.51. The molecule has 1 aliphatic rings. The molecule has 2 rings (SSSR count). The van der Waals surface area contributed by atoms with Crippen molar-refractivity contribution in [2.45, 2.75) is 25.8 Å². The quantitative estimate of drug-likeness (QED) is 0.795. The highest BCUT2D eigenvalue weighted by Crippen LogP contribution is 2.36. The van der Waals surface area contributed by atoms with Crippen molar-refractivity contribution in [2.75, 3.05) is 7.05 Å².